The van der Waals surface area contributed by atoms with Gasteiger partial charge >= 0.3 is 0 Å². The average molecular weight is 229 g/mol. The van der Waals surface area contributed by atoms with Crippen molar-refractivity contribution in [1.82, 2.24) is 15.1 Å². The van der Waals surface area contributed by atoms with E-state index in [0.29, 0.717) is 0 Å². The minimum atomic E-state index is 0.964. The molecule has 3 nitrogen and oxygen atoms in total. The zero-order valence-electron chi connectivity index (χ0n) is 10.7. The Hall–Kier alpha value is -1.61. The highest BCUT2D eigenvalue weighted by atomic mass is 15.3. The Morgan fingerprint density at radius 2 is 1.94 bits per heavy atom. The Labute approximate surface area is 102 Å². The standard InChI is InChI=1S/C14H19N3/c1-11-13(9-10-15-2)16-17(3)14(11)12-7-5-4-6-8-12/h4-8,15H,9-10H2,1-3H3. The molecule has 2 aromatic rings. The molecule has 0 amide bonds. The van der Waals surface area contributed by atoms with Gasteiger partial charge in [-0.25, -0.2) is 0 Å². The van der Waals surface area contributed by atoms with Crippen molar-refractivity contribution in [3.05, 3.63) is 41.6 Å². The summed E-state index contributed by atoms with van der Waals surface area (Å²) in [6, 6.07) is 10.4. The first-order valence-electron chi connectivity index (χ1n) is 5.96. The van der Waals surface area contributed by atoms with E-state index in [-0.39, 0.29) is 0 Å². The Morgan fingerprint density at radius 3 is 2.59 bits per heavy atom. The largest absolute Gasteiger partial charge is 0.319 e. The zero-order chi connectivity index (χ0) is 12.3. The van der Waals surface area contributed by atoms with Gasteiger partial charge < -0.3 is 5.32 Å². The number of rotatable bonds is 4. The van der Waals surface area contributed by atoms with Crippen molar-refractivity contribution in [3.63, 3.8) is 0 Å². The Bertz CT molecular complexity index is 486. The third-order valence-electron chi connectivity index (χ3n) is 3.04. The number of nitrogens with zero attached hydrogens (tertiary/aromatic N) is 2. The van der Waals surface area contributed by atoms with Gasteiger partial charge in [-0.3, -0.25) is 4.68 Å². The molecular formula is C14H19N3. The van der Waals surface area contributed by atoms with E-state index in [2.05, 4.69) is 41.6 Å². The van der Waals surface area contributed by atoms with E-state index in [4.69, 9.17) is 0 Å². The molecule has 0 aliphatic carbocycles. The van der Waals surface area contributed by atoms with Crippen LogP contribution in [0.3, 0.4) is 0 Å². The van der Waals surface area contributed by atoms with Crippen molar-refractivity contribution >= 4 is 0 Å². The number of likely N-dealkylation sites (N-methyl/N-ethyl adjacent to an activating group) is 1. The van der Waals surface area contributed by atoms with Crippen LogP contribution in [0.1, 0.15) is 11.3 Å². The first kappa shape index (κ1) is 11.9. The molecule has 0 bridgehead atoms. The number of nitrogens with one attached hydrogen (secondary N) is 1. The summed E-state index contributed by atoms with van der Waals surface area (Å²) in [5.74, 6) is 0. The normalized spacial score (nSPS) is 10.8. The van der Waals surface area contributed by atoms with Crippen LogP contribution in [0, 0.1) is 6.92 Å². The van der Waals surface area contributed by atoms with Crippen LogP contribution in [0.4, 0.5) is 0 Å². The molecule has 90 valence electrons. The van der Waals surface area contributed by atoms with Crippen molar-refractivity contribution in [3.8, 4) is 11.3 Å². The molecular weight excluding hydrogens is 210 g/mol. The SMILES string of the molecule is CNCCc1nn(C)c(-c2ccccc2)c1C. The maximum Gasteiger partial charge on any atom is 0.0710 e. The van der Waals surface area contributed by atoms with Gasteiger partial charge in [-0.15, -0.1) is 0 Å². The minimum absolute atomic E-state index is 0.964. The first-order chi connectivity index (χ1) is 8.24. The van der Waals surface area contributed by atoms with Crippen molar-refractivity contribution in [1.29, 1.82) is 0 Å². The van der Waals surface area contributed by atoms with Crippen molar-refractivity contribution in [2.24, 2.45) is 7.05 Å². The molecule has 0 fully saturated rings. The number of aromatic nitrogens is 2. The summed E-state index contributed by atoms with van der Waals surface area (Å²) in [5, 5.41) is 7.76. The van der Waals surface area contributed by atoms with E-state index < -0.39 is 0 Å². The van der Waals surface area contributed by atoms with Gasteiger partial charge in [0.05, 0.1) is 11.4 Å². The molecule has 0 atom stereocenters. The van der Waals surface area contributed by atoms with Gasteiger partial charge in [-0.05, 0) is 19.5 Å². The lowest BCUT2D eigenvalue weighted by Crippen LogP contribution is -2.11. The van der Waals surface area contributed by atoms with Crippen LogP contribution < -0.4 is 5.32 Å². The van der Waals surface area contributed by atoms with Gasteiger partial charge in [0.15, 0.2) is 0 Å². The van der Waals surface area contributed by atoms with Crippen LogP contribution in [0.5, 0.6) is 0 Å². The van der Waals surface area contributed by atoms with Crippen LogP contribution in [-0.2, 0) is 13.5 Å². The van der Waals surface area contributed by atoms with Crippen LogP contribution in [0.2, 0.25) is 0 Å². The summed E-state index contributed by atoms with van der Waals surface area (Å²) in [5.41, 5.74) is 4.92. The van der Waals surface area contributed by atoms with Gasteiger partial charge in [0.1, 0.15) is 0 Å². The fourth-order valence-corrected chi connectivity index (χ4v) is 2.17. The monoisotopic (exact) mass is 229 g/mol. The Kier molecular flexibility index (Phi) is 3.59. The van der Waals surface area contributed by atoms with Crippen molar-refractivity contribution in [2.45, 2.75) is 13.3 Å². The molecule has 1 heterocycles. The lowest BCUT2D eigenvalue weighted by molar-refractivity contribution is 0.720. The second-order valence-corrected chi connectivity index (χ2v) is 4.26. The highest BCUT2D eigenvalue weighted by Gasteiger charge is 2.12. The van der Waals surface area contributed by atoms with E-state index in [9.17, 15) is 0 Å². The Balaban J connectivity index is 2.38. The third-order valence-corrected chi connectivity index (χ3v) is 3.04. The lowest BCUT2D eigenvalue weighted by Gasteiger charge is -2.03. The second kappa shape index (κ2) is 5.15. The number of benzene rings is 1. The van der Waals surface area contributed by atoms with Gasteiger partial charge in [0.25, 0.3) is 0 Å². The number of hydrogen-bond donors (Lipinski definition) is 1. The zero-order valence-corrected chi connectivity index (χ0v) is 10.7. The predicted octanol–water partition coefficient (Wildman–Crippen LogP) is 2.16. The molecule has 0 saturated carbocycles. The molecule has 1 aromatic heterocycles. The van der Waals surface area contributed by atoms with Crippen molar-refractivity contribution in [2.75, 3.05) is 13.6 Å². The third kappa shape index (κ3) is 2.39. The molecule has 0 aliphatic rings. The van der Waals surface area contributed by atoms with Crippen LogP contribution >= 0.6 is 0 Å². The molecule has 0 radical (unpaired) electrons. The summed E-state index contributed by atoms with van der Waals surface area (Å²) < 4.78 is 1.98. The lowest BCUT2D eigenvalue weighted by atomic mass is 10.1. The van der Waals surface area contributed by atoms with Crippen LogP contribution in [-0.4, -0.2) is 23.4 Å². The van der Waals surface area contributed by atoms with Crippen LogP contribution in [0.25, 0.3) is 11.3 Å². The molecule has 1 aromatic carbocycles. The molecule has 3 heteroatoms. The highest BCUT2D eigenvalue weighted by molar-refractivity contribution is 5.64. The molecule has 0 aliphatic heterocycles. The van der Waals surface area contributed by atoms with Crippen LogP contribution in [0.15, 0.2) is 30.3 Å². The fourth-order valence-electron chi connectivity index (χ4n) is 2.17. The maximum atomic E-state index is 4.60. The first-order valence-corrected chi connectivity index (χ1v) is 5.96. The summed E-state index contributed by atoms with van der Waals surface area (Å²) >= 11 is 0. The topological polar surface area (TPSA) is 29.9 Å². The van der Waals surface area contributed by atoms with E-state index in [1.165, 1.54) is 22.5 Å². The highest BCUT2D eigenvalue weighted by Crippen LogP contribution is 2.24. The summed E-state index contributed by atoms with van der Waals surface area (Å²) in [7, 11) is 3.98. The van der Waals surface area contributed by atoms with Crippen molar-refractivity contribution < 1.29 is 0 Å². The minimum Gasteiger partial charge on any atom is -0.319 e. The average Bonchev–Trinajstić information content (AvgIpc) is 2.63. The smallest absolute Gasteiger partial charge is 0.0710 e. The summed E-state index contributed by atoms with van der Waals surface area (Å²) in [6.45, 7) is 3.12. The molecule has 0 unspecified atom stereocenters. The molecule has 2 rings (SSSR count). The molecule has 0 spiro atoms. The fraction of sp³-hybridized carbons (Fsp3) is 0.357. The maximum absolute atomic E-state index is 4.60. The Morgan fingerprint density at radius 1 is 1.24 bits per heavy atom. The summed E-state index contributed by atoms with van der Waals surface area (Å²) in [6.07, 6.45) is 0.975. The second-order valence-electron chi connectivity index (χ2n) is 4.26. The quantitative estimate of drug-likeness (QED) is 0.870. The predicted molar refractivity (Wildman–Crippen MR) is 71.0 cm³/mol. The van der Waals surface area contributed by atoms with E-state index in [1.807, 2.05) is 24.8 Å². The molecule has 17 heavy (non-hydrogen) atoms. The number of aryl methyl sites for hydroxylation is 1. The van der Waals surface area contributed by atoms with Gasteiger partial charge in [0, 0.05) is 25.6 Å². The molecule has 1 N–H and O–H groups in total. The van der Waals surface area contributed by atoms with Gasteiger partial charge in [0.2, 0.25) is 0 Å². The summed E-state index contributed by atoms with van der Waals surface area (Å²) in [4.78, 5) is 0. The van der Waals surface area contributed by atoms with E-state index >= 15 is 0 Å². The van der Waals surface area contributed by atoms with E-state index in [0.717, 1.165) is 13.0 Å². The van der Waals surface area contributed by atoms with E-state index in [1.54, 1.807) is 0 Å². The van der Waals surface area contributed by atoms with Gasteiger partial charge in [-0.2, -0.15) is 5.10 Å². The molecule has 0 saturated heterocycles. The van der Waals surface area contributed by atoms with Gasteiger partial charge in [-0.1, -0.05) is 30.3 Å². The number of hydrogen-bond acceptors (Lipinski definition) is 2.